The van der Waals surface area contributed by atoms with Crippen LogP contribution in [0.3, 0.4) is 0 Å². The van der Waals surface area contributed by atoms with Crippen molar-refractivity contribution in [1.82, 2.24) is 4.98 Å². The fourth-order valence-electron chi connectivity index (χ4n) is 3.68. The lowest BCUT2D eigenvalue weighted by atomic mass is 9.76. The summed E-state index contributed by atoms with van der Waals surface area (Å²) >= 11 is 0. The van der Waals surface area contributed by atoms with Crippen LogP contribution in [0.5, 0.6) is 11.6 Å². The Labute approximate surface area is 181 Å². The lowest BCUT2D eigenvalue weighted by Crippen LogP contribution is -2.48. The number of rotatable bonds is 8. The zero-order valence-electron chi connectivity index (χ0n) is 17.4. The molecule has 31 heavy (non-hydrogen) atoms. The van der Waals surface area contributed by atoms with Crippen LogP contribution in [0, 0.1) is 0 Å². The molecule has 0 unspecified atom stereocenters. The average Bonchev–Trinajstić information content (AvgIpc) is 2.76. The zero-order chi connectivity index (χ0) is 21.7. The van der Waals surface area contributed by atoms with Crippen LogP contribution in [0.2, 0.25) is 0 Å². The highest BCUT2D eigenvalue weighted by atomic mass is 16.5. The highest BCUT2D eigenvalue weighted by molar-refractivity contribution is 5.72. The summed E-state index contributed by atoms with van der Waals surface area (Å²) in [4.78, 5) is 15.9. The van der Waals surface area contributed by atoms with E-state index in [1.54, 1.807) is 12.3 Å². The van der Waals surface area contributed by atoms with Gasteiger partial charge in [0.05, 0.1) is 31.7 Å². The summed E-state index contributed by atoms with van der Waals surface area (Å²) in [5.41, 5.74) is 3.72. The molecule has 0 bridgehead atoms. The molecule has 0 aliphatic carbocycles. The third-order valence-corrected chi connectivity index (χ3v) is 5.43. The monoisotopic (exact) mass is 419 g/mol. The second kappa shape index (κ2) is 9.18. The van der Waals surface area contributed by atoms with Crippen LogP contribution in [0.25, 0.3) is 11.1 Å². The Morgan fingerprint density at radius 1 is 1.10 bits per heavy atom. The molecule has 1 fully saturated rings. The van der Waals surface area contributed by atoms with Gasteiger partial charge in [0.25, 0.3) is 0 Å². The summed E-state index contributed by atoms with van der Waals surface area (Å²) in [6.45, 7) is 3.66. The van der Waals surface area contributed by atoms with E-state index in [4.69, 9.17) is 14.2 Å². The van der Waals surface area contributed by atoms with Gasteiger partial charge in [-0.1, -0.05) is 30.3 Å². The Morgan fingerprint density at radius 3 is 2.55 bits per heavy atom. The highest BCUT2D eigenvalue weighted by Crippen LogP contribution is 2.37. The van der Waals surface area contributed by atoms with Gasteiger partial charge >= 0.3 is 5.97 Å². The normalized spacial score (nSPS) is 14.5. The van der Waals surface area contributed by atoms with E-state index < -0.39 is 0 Å². The van der Waals surface area contributed by atoms with Crippen LogP contribution in [0.4, 0.5) is 0 Å². The fourth-order valence-corrected chi connectivity index (χ4v) is 3.68. The predicted octanol–water partition coefficient (Wildman–Crippen LogP) is 4.25. The molecular formula is C25H25NO5. The van der Waals surface area contributed by atoms with E-state index in [0.29, 0.717) is 32.8 Å². The molecule has 1 saturated heterocycles. The van der Waals surface area contributed by atoms with Gasteiger partial charge in [-0.2, -0.15) is 0 Å². The zero-order valence-corrected chi connectivity index (χ0v) is 17.4. The lowest BCUT2D eigenvalue weighted by molar-refractivity contribution is -0.151. The molecular weight excluding hydrogens is 394 g/mol. The first kappa shape index (κ1) is 20.9. The summed E-state index contributed by atoms with van der Waals surface area (Å²) in [6.07, 6.45) is 1.96. The first-order valence-electron chi connectivity index (χ1n) is 10.3. The lowest BCUT2D eigenvalue weighted by Gasteiger charge is -2.41. The first-order chi connectivity index (χ1) is 15.1. The van der Waals surface area contributed by atoms with Crippen molar-refractivity contribution < 1.29 is 24.1 Å². The molecule has 0 atom stereocenters. The third kappa shape index (κ3) is 4.86. The number of carbonyl (C=O) groups excluding carboxylic acids is 1. The molecule has 4 rings (SSSR count). The Hall–Kier alpha value is -3.38. The first-order valence-corrected chi connectivity index (χ1v) is 10.3. The van der Waals surface area contributed by atoms with Gasteiger partial charge in [-0.05, 0) is 47.9 Å². The maximum Gasteiger partial charge on any atom is 0.306 e. The standard InChI is InChI=1S/C25H25NO5/c1-2-30-24(28)13-25(16-29-17-25)21-7-9-22(10-8-21)31-15-18-4-3-5-19(12-18)20-6-11-23(27)26-14-20/h3-12,14H,2,13,15-17H2,1H3,(H,26,27). The Morgan fingerprint density at radius 2 is 1.90 bits per heavy atom. The topological polar surface area (TPSA) is 77.9 Å². The molecule has 1 N–H and O–H groups in total. The van der Waals surface area contributed by atoms with E-state index in [-0.39, 0.29) is 17.3 Å². The number of benzene rings is 2. The van der Waals surface area contributed by atoms with Crippen molar-refractivity contribution in [2.45, 2.75) is 25.4 Å². The molecule has 0 spiro atoms. The Balaban J connectivity index is 1.40. The number of ether oxygens (including phenoxy) is 3. The smallest absolute Gasteiger partial charge is 0.306 e. The minimum Gasteiger partial charge on any atom is -0.493 e. The number of aromatic nitrogens is 1. The number of pyridine rings is 1. The van der Waals surface area contributed by atoms with Crippen molar-refractivity contribution in [3.05, 3.63) is 78.0 Å². The second-order valence-electron chi connectivity index (χ2n) is 7.67. The van der Waals surface area contributed by atoms with Gasteiger partial charge in [0.2, 0.25) is 5.88 Å². The molecule has 160 valence electrons. The Kier molecular flexibility index (Phi) is 6.18. The molecule has 3 aromatic rings. The molecule has 0 radical (unpaired) electrons. The van der Waals surface area contributed by atoms with Crippen LogP contribution in [0.1, 0.15) is 24.5 Å². The molecule has 1 aliphatic rings. The van der Waals surface area contributed by atoms with E-state index in [1.807, 2.05) is 61.5 Å². The van der Waals surface area contributed by atoms with Crippen LogP contribution in [-0.2, 0) is 26.3 Å². The van der Waals surface area contributed by atoms with Crippen molar-refractivity contribution in [3.63, 3.8) is 0 Å². The molecule has 6 heteroatoms. The summed E-state index contributed by atoms with van der Waals surface area (Å²) in [5, 5.41) is 9.36. The number of carbonyl (C=O) groups is 1. The summed E-state index contributed by atoms with van der Waals surface area (Å²) in [7, 11) is 0. The summed E-state index contributed by atoms with van der Waals surface area (Å²) < 4.78 is 16.5. The van der Waals surface area contributed by atoms with Gasteiger partial charge in [0.15, 0.2) is 0 Å². The van der Waals surface area contributed by atoms with Crippen LogP contribution in [-0.4, -0.2) is 35.9 Å². The van der Waals surface area contributed by atoms with Gasteiger partial charge in [-0.15, -0.1) is 0 Å². The second-order valence-corrected chi connectivity index (χ2v) is 7.67. The van der Waals surface area contributed by atoms with Crippen molar-refractivity contribution in [2.24, 2.45) is 0 Å². The maximum atomic E-state index is 12.0. The Bertz CT molecular complexity index is 1030. The quantitative estimate of drug-likeness (QED) is 0.550. The largest absolute Gasteiger partial charge is 0.493 e. The molecule has 6 nitrogen and oxygen atoms in total. The highest BCUT2D eigenvalue weighted by Gasteiger charge is 2.42. The molecule has 2 aromatic carbocycles. The summed E-state index contributed by atoms with van der Waals surface area (Å²) in [6, 6.07) is 19.3. The van der Waals surface area contributed by atoms with Crippen LogP contribution in [0.15, 0.2) is 66.9 Å². The molecule has 0 amide bonds. The number of esters is 1. The number of nitrogens with zero attached hydrogens (tertiary/aromatic N) is 1. The molecule has 2 heterocycles. The van der Waals surface area contributed by atoms with E-state index in [1.165, 1.54) is 0 Å². The molecule has 0 saturated carbocycles. The van der Waals surface area contributed by atoms with Crippen molar-refractivity contribution in [2.75, 3.05) is 19.8 Å². The van der Waals surface area contributed by atoms with Gasteiger partial charge < -0.3 is 19.3 Å². The van der Waals surface area contributed by atoms with Crippen molar-refractivity contribution in [3.8, 4) is 22.8 Å². The summed E-state index contributed by atoms with van der Waals surface area (Å²) in [5.74, 6) is 0.561. The van der Waals surface area contributed by atoms with Crippen molar-refractivity contribution in [1.29, 1.82) is 0 Å². The molecule has 1 aromatic heterocycles. The minimum absolute atomic E-state index is 0.00387. The SMILES string of the molecule is CCOC(=O)CC1(c2ccc(OCc3cccc(-c4ccc(O)nc4)c3)cc2)COC1. The number of aromatic hydroxyl groups is 1. The molecule has 1 aliphatic heterocycles. The number of hydrogen-bond donors (Lipinski definition) is 1. The predicted molar refractivity (Wildman–Crippen MR) is 116 cm³/mol. The fraction of sp³-hybridized carbons (Fsp3) is 0.280. The third-order valence-electron chi connectivity index (χ3n) is 5.43. The van der Waals surface area contributed by atoms with Gasteiger partial charge in [-0.3, -0.25) is 4.79 Å². The van der Waals surface area contributed by atoms with E-state index in [9.17, 15) is 9.90 Å². The van der Waals surface area contributed by atoms with E-state index in [2.05, 4.69) is 4.98 Å². The van der Waals surface area contributed by atoms with Crippen LogP contribution < -0.4 is 4.74 Å². The maximum absolute atomic E-state index is 12.0. The van der Waals surface area contributed by atoms with Gasteiger partial charge in [-0.25, -0.2) is 4.98 Å². The van der Waals surface area contributed by atoms with Crippen LogP contribution >= 0.6 is 0 Å². The van der Waals surface area contributed by atoms with Gasteiger partial charge in [0.1, 0.15) is 12.4 Å². The number of hydrogen-bond acceptors (Lipinski definition) is 6. The average molecular weight is 419 g/mol. The van der Waals surface area contributed by atoms with Gasteiger partial charge in [0, 0.05) is 17.8 Å². The van der Waals surface area contributed by atoms with E-state index >= 15 is 0 Å². The van der Waals surface area contributed by atoms with Crippen molar-refractivity contribution >= 4 is 5.97 Å². The minimum atomic E-state index is -0.308. The van der Waals surface area contributed by atoms with E-state index in [0.717, 1.165) is 28.0 Å².